The zero-order valence-electron chi connectivity index (χ0n) is 20.8. The Labute approximate surface area is 222 Å². The highest BCUT2D eigenvalue weighted by atomic mass is 35.5. The molecule has 1 fully saturated rings. The van der Waals surface area contributed by atoms with Crippen molar-refractivity contribution in [3.05, 3.63) is 82.3 Å². The van der Waals surface area contributed by atoms with Crippen molar-refractivity contribution in [1.29, 1.82) is 0 Å². The summed E-state index contributed by atoms with van der Waals surface area (Å²) in [6.45, 7) is 3.54. The number of hydrogen-bond acceptors (Lipinski definition) is 5. The Morgan fingerprint density at radius 2 is 2.08 bits per heavy atom. The third kappa shape index (κ3) is 5.24. The molecule has 1 amide bonds. The lowest BCUT2D eigenvalue weighted by atomic mass is 10.00. The highest BCUT2D eigenvalue weighted by Gasteiger charge is 2.29. The van der Waals surface area contributed by atoms with Crippen molar-refractivity contribution < 1.29 is 23.1 Å². The van der Waals surface area contributed by atoms with Crippen LogP contribution in [0.5, 0.6) is 5.75 Å². The summed E-state index contributed by atoms with van der Waals surface area (Å²) >= 11 is 6.44. The van der Waals surface area contributed by atoms with Gasteiger partial charge in [-0.15, -0.1) is 0 Å². The van der Waals surface area contributed by atoms with E-state index in [1.54, 1.807) is 25.1 Å². The molecule has 2 aromatic carbocycles. The van der Waals surface area contributed by atoms with Crippen LogP contribution >= 0.6 is 11.6 Å². The van der Waals surface area contributed by atoms with Crippen LogP contribution in [0.2, 0.25) is 5.02 Å². The minimum Gasteiger partial charge on any atom is -0.487 e. The summed E-state index contributed by atoms with van der Waals surface area (Å²) in [5.41, 5.74) is 2.86. The van der Waals surface area contributed by atoms with Gasteiger partial charge in [-0.2, -0.15) is 5.10 Å². The van der Waals surface area contributed by atoms with Crippen molar-refractivity contribution in [1.82, 2.24) is 20.1 Å². The summed E-state index contributed by atoms with van der Waals surface area (Å²) < 4.78 is 35.6. The van der Waals surface area contributed by atoms with Gasteiger partial charge in [0.25, 0.3) is 0 Å². The van der Waals surface area contributed by atoms with E-state index in [4.69, 9.17) is 16.3 Å². The number of para-hydroxylation sites is 1. The van der Waals surface area contributed by atoms with Gasteiger partial charge in [-0.05, 0) is 50.1 Å². The molecule has 0 unspecified atom stereocenters. The Morgan fingerprint density at radius 3 is 2.79 bits per heavy atom. The molecule has 1 aliphatic rings. The molecule has 1 N–H and O–H groups in total. The maximum absolute atomic E-state index is 14.4. The van der Waals surface area contributed by atoms with Crippen LogP contribution in [0.25, 0.3) is 16.6 Å². The fourth-order valence-corrected chi connectivity index (χ4v) is 5.09. The molecule has 196 valence electrons. The SMILES string of the molecule is Cc1cc(-n2cc(F)cn2)c2cccc(OCc3c(Cl)cc(F)cc3[C@H](C)NC(=O)[C@H]3CCC(=O)C3)c2n1. The minimum absolute atomic E-state index is 0.0168. The van der Waals surface area contributed by atoms with Crippen LogP contribution in [0.15, 0.2) is 48.8 Å². The largest absolute Gasteiger partial charge is 0.487 e. The van der Waals surface area contributed by atoms with Crippen molar-refractivity contribution in [2.75, 3.05) is 0 Å². The lowest BCUT2D eigenvalue weighted by Gasteiger charge is -2.21. The van der Waals surface area contributed by atoms with Crippen LogP contribution in [0, 0.1) is 24.5 Å². The van der Waals surface area contributed by atoms with Gasteiger partial charge in [0.05, 0.1) is 29.1 Å². The highest BCUT2D eigenvalue weighted by Crippen LogP contribution is 2.33. The lowest BCUT2D eigenvalue weighted by molar-refractivity contribution is -0.127. The number of ketones is 1. The van der Waals surface area contributed by atoms with Crippen molar-refractivity contribution in [2.45, 2.75) is 45.8 Å². The number of nitrogens with zero attached hydrogens (tertiary/aromatic N) is 3. The van der Waals surface area contributed by atoms with E-state index in [-0.39, 0.29) is 35.7 Å². The van der Waals surface area contributed by atoms with Gasteiger partial charge in [-0.25, -0.2) is 18.4 Å². The Kier molecular flexibility index (Phi) is 7.12. The second-order valence-corrected chi connectivity index (χ2v) is 9.90. The zero-order chi connectivity index (χ0) is 27.0. The summed E-state index contributed by atoms with van der Waals surface area (Å²) in [6, 6.07) is 9.13. The number of nitrogens with one attached hydrogen (secondary N) is 1. The molecular weight excluding hydrogens is 514 g/mol. The summed E-state index contributed by atoms with van der Waals surface area (Å²) in [6.07, 6.45) is 3.54. The quantitative estimate of drug-likeness (QED) is 0.322. The van der Waals surface area contributed by atoms with Crippen molar-refractivity contribution in [3.63, 3.8) is 0 Å². The van der Waals surface area contributed by atoms with Gasteiger partial charge >= 0.3 is 0 Å². The van der Waals surface area contributed by atoms with E-state index in [0.29, 0.717) is 52.0 Å². The van der Waals surface area contributed by atoms with Crippen LogP contribution in [-0.4, -0.2) is 26.5 Å². The van der Waals surface area contributed by atoms with E-state index in [1.165, 1.54) is 23.0 Å². The van der Waals surface area contributed by atoms with Crippen LogP contribution in [0.3, 0.4) is 0 Å². The highest BCUT2D eigenvalue weighted by molar-refractivity contribution is 6.31. The number of amides is 1. The van der Waals surface area contributed by atoms with E-state index >= 15 is 0 Å². The molecule has 2 atom stereocenters. The molecule has 0 saturated heterocycles. The van der Waals surface area contributed by atoms with E-state index in [9.17, 15) is 18.4 Å². The van der Waals surface area contributed by atoms with Gasteiger partial charge in [-0.1, -0.05) is 23.7 Å². The van der Waals surface area contributed by atoms with Crippen molar-refractivity contribution in [3.8, 4) is 11.4 Å². The van der Waals surface area contributed by atoms with Gasteiger partial charge in [-0.3, -0.25) is 9.59 Å². The fourth-order valence-electron chi connectivity index (χ4n) is 4.83. The predicted molar refractivity (Wildman–Crippen MR) is 138 cm³/mol. The first-order valence-electron chi connectivity index (χ1n) is 12.2. The van der Waals surface area contributed by atoms with Crippen molar-refractivity contribution >= 4 is 34.2 Å². The smallest absolute Gasteiger partial charge is 0.224 e. The average molecular weight is 539 g/mol. The number of carbonyl (C=O) groups is 2. The maximum atomic E-state index is 14.4. The third-order valence-electron chi connectivity index (χ3n) is 6.72. The first-order chi connectivity index (χ1) is 18.2. The molecule has 38 heavy (non-hydrogen) atoms. The monoisotopic (exact) mass is 538 g/mol. The van der Waals surface area contributed by atoms with Gasteiger partial charge in [0, 0.05) is 35.4 Å². The number of fused-ring (bicyclic) bond motifs is 1. The Balaban J connectivity index is 1.44. The number of hydrogen-bond donors (Lipinski definition) is 1. The van der Waals surface area contributed by atoms with Gasteiger partial charge in [0.2, 0.25) is 5.91 Å². The number of aromatic nitrogens is 3. The molecule has 2 heterocycles. The molecule has 0 bridgehead atoms. The molecule has 5 rings (SSSR count). The van der Waals surface area contributed by atoms with E-state index in [0.717, 1.165) is 6.20 Å². The fraction of sp³-hybridized carbons (Fsp3) is 0.286. The molecule has 7 nitrogen and oxygen atoms in total. The van der Waals surface area contributed by atoms with E-state index in [1.807, 2.05) is 13.0 Å². The number of halogens is 3. The molecule has 10 heteroatoms. The number of rotatable bonds is 7. The Morgan fingerprint density at radius 1 is 1.26 bits per heavy atom. The van der Waals surface area contributed by atoms with E-state index in [2.05, 4.69) is 15.4 Å². The molecule has 0 radical (unpaired) electrons. The number of benzene rings is 2. The number of carbonyl (C=O) groups excluding carboxylic acids is 2. The molecular formula is C28H25ClF2N4O3. The molecule has 0 aliphatic heterocycles. The minimum atomic E-state index is -0.570. The number of Topliss-reactive ketones (excluding diaryl/α,β-unsaturated/α-hetero) is 1. The van der Waals surface area contributed by atoms with E-state index < -0.39 is 17.7 Å². The second-order valence-electron chi connectivity index (χ2n) is 9.49. The number of pyridine rings is 1. The Bertz CT molecular complexity index is 1550. The first kappa shape index (κ1) is 25.8. The maximum Gasteiger partial charge on any atom is 0.224 e. The van der Waals surface area contributed by atoms with Crippen LogP contribution in [0.1, 0.15) is 49.0 Å². The normalized spacial score (nSPS) is 16.1. The first-order valence-corrected chi connectivity index (χ1v) is 12.6. The number of ether oxygens (including phenoxy) is 1. The van der Waals surface area contributed by atoms with Crippen LogP contribution in [-0.2, 0) is 16.2 Å². The van der Waals surface area contributed by atoms with Crippen LogP contribution in [0.4, 0.5) is 8.78 Å². The molecule has 1 saturated carbocycles. The zero-order valence-corrected chi connectivity index (χ0v) is 21.6. The summed E-state index contributed by atoms with van der Waals surface area (Å²) in [4.78, 5) is 28.9. The summed E-state index contributed by atoms with van der Waals surface area (Å²) in [5, 5.41) is 7.83. The topological polar surface area (TPSA) is 86.1 Å². The second kappa shape index (κ2) is 10.5. The molecule has 1 aliphatic carbocycles. The van der Waals surface area contributed by atoms with Crippen molar-refractivity contribution in [2.24, 2.45) is 5.92 Å². The van der Waals surface area contributed by atoms with Crippen LogP contribution < -0.4 is 10.1 Å². The predicted octanol–water partition coefficient (Wildman–Crippen LogP) is 5.79. The van der Waals surface area contributed by atoms with Gasteiger partial charge in [0.1, 0.15) is 29.5 Å². The molecule has 2 aromatic heterocycles. The van der Waals surface area contributed by atoms with Gasteiger partial charge < -0.3 is 10.1 Å². The molecule has 4 aromatic rings. The van der Waals surface area contributed by atoms with Gasteiger partial charge in [0.15, 0.2) is 5.82 Å². The number of aryl methyl sites for hydroxylation is 1. The standard InChI is InChI=1S/C28H25ClF2N4O3/c1-15-8-25(35-13-19(31)12-32-35)21-4-3-5-26(27(21)33-15)38-14-23-22(10-18(30)11-24(23)29)16(2)34-28(37)17-6-7-20(36)9-17/h3-5,8,10-13,16-17H,6-7,9,14H2,1-2H3,(H,34,37)/t16-,17-/m0/s1. The third-order valence-corrected chi connectivity index (χ3v) is 7.05. The average Bonchev–Trinajstić information content (AvgIpc) is 3.50. The molecule has 0 spiro atoms. The summed E-state index contributed by atoms with van der Waals surface area (Å²) in [7, 11) is 0. The Hall–Kier alpha value is -3.85. The summed E-state index contributed by atoms with van der Waals surface area (Å²) in [5.74, 6) is -1.10. The lowest BCUT2D eigenvalue weighted by Crippen LogP contribution is -2.32.